The predicted octanol–water partition coefficient (Wildman–Crippen LogP) is 4.39. The molecule has 1 nitrogen and oxygen atoms in total. The molecule has 0 spiro atoms. The fraction of sp³-hybridized carbons (Fsp3) is 0.929. The van der Waals surface area contributed by atoms with Gasteiger partial charge in [0.05, 0.1) is 0 Å². The maximum Gasteiger partial charge on any atom is 0.227 e. The predicted molar refractivity (Wildman–Crippen MR) is 65.5 cm³/mol. The van der Waals surface area contributed by atoms with Gasteiger partial charge in [0.15, 0.2) is 0 Å². The largest absolute Gasteiger partial charge is 0.313 e. The van der Waals surface area contributed by atoms with Crippen molar-refractivity contribution in [3.8, 4) is 0 Å². The molecule has 0 radical (unpaired) electrons. The first kappa shape index (κ1) is 12.6. The van der Waals surface area contributed by atoms with Gasteiger partial charge in [0, 0.05) is 12.3 Å². The van der Waals surface area contributed by atoms with Crippen molar-refractivity contribution in [2.75, 3.05) is 0 Å². The topological polar surface area (TPSA) is 4.36 Å². The van der Waals surface area contributed by atoms with Crippen LogP contribution in [0, 0.1) is 30.2 Å². The summed E-state index contributed by atoms with van der Waals surface area (Å²) in [6.45, 7) is 16.6. The summed E-state index contributed by atoms with van der Waals surface area (Å²) in [5, 5.41) is 0. The summed E-state index contributed by atoms with van der Waals surface area (Å²) in [7, 11) is 0. The van der Waals surface area contributed by atoms with E-state index in [-0.39, 0.29) is 0 Å². The lowest BCUT2D eigenvalue weighted by Gasteiger charge is -2.31. The van der Waals surface area contributed by atoms with Crippen LogP contribution in [0.2, 0.25) is 0 Å². The summed E-state index contributed by atoms with van der Waals surface area (Å²) in [5.41, 5.74) is 0. The van der Waals surface area contributed by atoms with Crippen LogP contribution in [0.1, 0.15) is 53.4 Å². The second-order valence-electron chi connectivity index (χ2n) is 5.71. The Morgan fingerprint density at radius 2 is 1.60 bits per heavy atom. The highest BCUT2D eigenvalue weighted by Gasteiger charge is 2.38. The molecule has 0 aromatic carbocycles. The van der Waals surface area contributed by atoms with E-state index in [1.54, 1.807) is 0 Å². The number of hydrogen-bond donors (Lipinski definition) is 0. The number of rotatable bonds is 2. The van der Waals surface area contributed by atoms with E-state index in [0.29, 0.717) is 17.9 Å². The highest BCUT2D eigenvalue weighted by Crippen LogP contribution is 2.39. The van der Waals surface area contributed by atoms with Gasteiger partial charge in [-0.3, -0.25) is 0 Å². The third kappa shape index (κ3) is 2.97. The summed E-state index contributed by atoms with van der Waals surface area (Å²) in [4.78, 5) is 3.89. The molecule has 0 heterocycles. The summed E-state index contributed by atoms with van der Waals surface area (Å²) in [6.07, 6.45) is 5.07. The van der Waals surface area contributed by atoms with Crippen LogP contribution in [0.4, 0.5) is 0 Å². The molecule has 1 aliphatic carbocycles. The molecule has 0 saturated heterocycles. The van der Waals surface area contributed by atoms with Crippen molar-refractivity contribution in [3.05, 3.63) is 11.4 Å². The lowest BCUT2D eigenvalue weighted by atomic mass is 9.72. The lowest BCUT2D eigenvalue weighted by molar-refractivity contribution is 0.177. The van der Waals surface area contributed by atoms with Gasteiger partial charge in [0.2, 0.25) is 6.04 Å². The van der Waals surface area contributed by atoms with Gasteiger partial charge in [-0.05, 0) is 30.6 Å². The highest BCUT2D eigenvalue weighted by molar-refractivity contribution is 4.93. The Hall–Kier alpha value is -0.510. The Morgan fingerprint density at radius 3 is 2.07 bits per heavy atom. The Kier molecular flexibility index (Phi) is 4.64. The average molecular weight is 207 g/mol. The molecule has 0 aliphatic heterocycles. The van der Waals surface area contributed by atoms with Crippen LogP contribution in [-0.4, -0.2) is 6.04 Å². The maximum atomic E-state index is 7.37. The highest BCUT2D eigenvalue weighted by atomic mass is 14.7. The van der Waals surface area contributed by atoms with Crippen LogP contribution < -0.4 is 0 Å². The maximum absolute atomic E-state index is 7.37. The first-order valence-corrected chi connectivity index (χ1v) is 6.44. The SMILES string of the molecule is [C-]#[N+]C1CCCCC(C(C)C)C1C(C)C. The van der Waals surface area contributed by atoms with Crippen molar-refractivity contribution in [3.63, 3.8) is 0 Å². The van der Waals surface area contributed by atoms with Gasteiger partial charge < -0.3 is 4.85 Å². The minimum Gasteiger partial charge on any atom is -0.313 e. The molecule has 1 aliphatic rings. The monoisotopic (exact) mass is 207 g/mol. The zero-order valence-corrected chi connectivity index (χ0v) is 10.7. The van der Waals surface area contributed by atoms with Crippen molar-refractivity contribution >= 4 is 0 Å². The van der Waals surface area contributed by atoms with Crippen molar-refractivity contribution in [1.82, 2.24) is 0 Å². The van der Waals surface area contributed by atoms with E-state index in [1.165, 1.54) is 19.3 Å². The zero-order valence-electron chi connectivity index (χ0n) is 10.7. The van der Waals surface area contributed by atoms with E-state index < -0.39 is 0 Å². The summed E-state index contributed by atoms with van der Waals surface area (Å²) in [5.74, 6) is 2.80. The molecule has 0 aromatic rings. The third-order valence-corrected chi connectivity index (χ3v) is 4.02. The fourth-order valence-corrected chi connectivity index (χ4v) is 3.27. The molecule has 0 bridgehead atoms. The van der Waals surface area contributed by atoms with Gasteiger partial charge in [0.25, 0.3) is 0 Å². The first-order valence-electron chi connectivity index (χ1n) is 6.44. The van der Waals surface area contributed by atoms with Crippen molar-refractivity contribution in [2.45, 2.75) is 59.4 Å². The van der Waals surface area contributed by atoms with E-state index in [2.05, 4.69) is 32.5 Å². The minimum atomic E-state index is 0.292. The molecule has 1 rings (SSSR count). The smallest absolute Gasteiger partial charge is 0.227 e. The van der Waals surface area contributed by atoms with Crippen LogP contribution in [0.5, 0.6) is 0 Å². The molecule has 1 heteroatoms. The Bertz CT molecular complexity index is 224. The van der Waals surface area contributed by atoms with E-state index in [4.69, 9.17) is 6.57 Å². The molecular formula is C14H25N. The van der Waals surface area contributed by atoms with Gasteiger partial charge in [-0.15, -0.1) is 0 Å². The molecule has 0 N–H and O–H groups in total. The van der Waals surface area contributed by atoms with Crippen molar-refractivity contribution in [1.29, 1.82) is 0 Å². The van der Waals surface area contributed by atoms with Gasteiger partial charge >= 0.3 is 0 Å². The molecule has 86 valence electrons. The molecule has 15 heavy (non-hydrogen) atoms. The molecule has 1 fully saturated rings. The van der Waals surface area contributed by atoms with Crippen LogP contribution >= 0.6 is 0 Å². The average Bonchev–Trinajstić information content (AvgIpc) is 2.38. The van der Waals surface area contributed by atoms with Crippen LogP contribution in [-0.2, 0) is 0 Å². The van der Waals surface area contributed by atoms with Gasteiger partial charge in [-0.25, -0.2) is 6.57 Å². The lowest BCUT2D eigenvalue weighted by Crippen LogP contribution is -2.31. The second-order valence-corrected chi connectivity index (χ2v) is 5.71. The third-order valence-electron chi connectivity index (χ3n) is 4.02. The van der Waals surface area contributed by atoms with Gasteiger partial charge in [0.1, 0.15) is 0 Å². The molecule has 3 unspecified atom stereocenters. The molecule has 0 amide bonds. The number of hydrogen-bond acceptors (Lipinski definition) is 0. The molecule has 1 saturated carbocycles. The minimum absolute atomic E-state index is 0.292. The Labute approximate surface area is 95.1 Å². The van der Waals surface area contributed by atoms with E-state index >= 15 is 0 Å². The molecule has 3 atom stereocenters. The summed E-state index contributed by atoms with van der Waals surface area (Å²) < 4.78 is 0. The molecule has 0 aromatic heterocycles. The van der Waals surface area contributed by atoms with Crippen molar-refractivity contribution in [2.24, 2.45) is 23.7 Å². The Balaban J connectivity index is 2.87. The van der Waals surface area contributed by atoms with Gasteiger partial charge in [-0.2, -0.15) is 0 Å². The second kappa shape index (κ2) is 5.54. The van der Waals surface area contributed by atoms with Crippen LogP contribution in [0.25, 0.3) is 4.85 Å². The zero-order chi connectivity index (χ0) is 11.4. The normalized spacial score (nSPS) is 32.7. The summed E-state index contributed by atoms with van der Waals surface area (Å²) in [6, 6.07) is 0.292. The van der Waals surface area contributed by atoms with E-state index in [0.717, 1.165) is 18.3 Å². The number of nitrogens with zero attached hydrogens (tertiary/aromatic N) is 1. The van der Waals surface area contributed by atoms with Crippen molar-refractivity contribution < 1.29 is 0 Å². The standard InChI is InChI=1S/C14H25N/c1-10(2)12-8-6-7-9-13(15-5)14(12)11(3)4/h10-14H,6-9H2,1-4H3. The van der Waals surface area contributed by atoms with E-state index in [1.807, 2.05) is 0 Å². The summed E-state index contributed by atoms with van der Waals surface area (Å²) >= 11 is 0. The first-order chi connectivity index (χ1) is 7.07. The quantitative estimate of drug-likeness (QED) is 0.467. The van der Waals surface area contributed by atoms with Gasteiger partial charge in [-0.1, -0.05) is 34.1 Å². The van der Waals surface area contributed by atoms with Crippen LogP contribution in [0.3, 0.4) is 0 Å². The molecular weight excluding hydrogens is 182 g/mol. The van der Waals surface area contributed by atoms with Crippen LogP contribution in [0.15, 0.2) is 0 Å². The fourth-order valence-electron chi connectivity index (χ4n) is 3.27. The van der Waals surface area contributed by atoms with E-state index in [9.17, 15) is 0 Å². The Morgan fingerprint density at radius 1 is 1.00 bits per heavy atom.